The van der Waals surface area contributed by atoms with Gasteiger partial charge in [0.2, 0.25) is 5.43 Å². The van der Waals surface area contributed by atoms with E-state index >= 15 is 4.39 Å². The van der Waals surface area contributed by atoms with Gasteiger partial charge in [0.15, 0.2) is 11.4 Å². The van der Waals surface area contributed by atoms with Crippen molar-refractivity contribution in [1.82, 2.24) is 9.58 Å². The van der Waals surface area contributed by atoms with E-state index < -0.39 is 5.54 Å². The van der Waals surface area contributed by atoms with Gasteiger partial charge >= 0.3 is 0 Å². The summed E-state index contributed by atoms with van der Waals surface area (Å²) in [4.78, 5) is 28.5. The van der Waals surface area contributed by atoms with E-state index in [9.17, 15) is 9.59 Å². The van der Waals surface area contributed by atoms with Crippen molar-refractivity contribution in [2.45, 2.75) is 25.5 Å². The van der Waals surface area contributed by atoms with Crippen molar-refractivity contribution in [2.75, 3.05) is 18.7 Å². The van der Waals surface area contributed by atoms with Crippen molar-refractivity contribution in [1.29, 1.82) is 0 Å². The summed E-state index contributed by atoms with van der Waals surface area (Å²) in [6.45, 7) is 2.16. The standard InChI is InChI=1S/C32H28B2FN3O3/c1-18-10-20-11-22-12-21-13-25(33)26(34)14-23(21)32(22,24(20)15-27(18)35)38-17-36(2)31(40)29-30(28(39)8-9-37(29)38)41-16-19-6-4-3-5-7-19/h3-10,12-15H,11,16-17,33-34H2,1-2H3. The first kappa shape index (κ1) is 25.4. The van der Waals surface area contributed by atoms with Gasteiger partial charge in [0.25, 0.3) is 5.91 Å². The molecule has 0 N–H and O–H groups in total. The summed E-state index contributed by atoms with van der Waals surface area (Å²) in [6, 6.07) is 18.9. The minimum atomic E-state index is -0.868. The summed E-state index contributed by atoms with van der Waals surface area (Å²) in [5.74, 6) is -0.572. The molecule has 3 aliphatic rings. The summed E-state index contributed by atoms with van der Waals surface area (Å²) in [6.07, 6.45) is 4.51. The SMILES string of the molecule is Bc1cc2c(cc1B)C1(N3CN(C)C(=O)c4c(OCc5ccccc5)c(=O)ccn43)C(=C2)Cc2cc(C)c(F)cc21. The number of ether oxygens (including phenoxy) is 1. The Bertz CT molecular complexity index is 1870. The Morgan fingerprint density at radius 3 is 2.54 bits per heavy atom. The third-order valence-corrected chi connectivity index (χ3v) is 8.81. The highest BCUT2D eigenvalue weighted by molar-refractivity contribution is 6.48. The second-order valence-corrected chi connectivity index (χ2v) is 11.4. The molecule has 4 aromatic rings. The van der Waals surface area contributed by atoms with E-state index in [2.05, 4.69) is 38.9 Å². The normalized spacial score (nSPS) is 18.5. The minimum absolute atomic E-state index is 0.00597. The highest BCUT2D eigenvalue weighted by atomic mass is 19.1. The third-order valence-electron chi connectivity index (χ3n) is 8.81. The molecular formula is C32H28B2FN3O3. The molecule has 2 aliphatic carbocycles. The van der Waals surface area contributed by atoms with Gasteiger partial charge in [-0.2, -0.15) is 0 Å². The average Bonchev–Trinajstić information content (AvgIpc) is 3.41. The largest absolute Gasteiger partial charge is 0.482 e. The summed E-state index contributed by atoms with van der Waals surface area (Å²) in [7, 11) is 5.90. The first-order chi connectivity index (χ1) is 19.7. The molecule has 1 unspecified atom stereocenters. The molecule has 0 fully saturated rings. The van der Waals surface area contributed by atoms with E-state index in [-0.39, 0.29) is 41.9 Å². The second kappa shape index (κ2) is 8.99. The van der Waals surface area contributed by atoms with E-state index in [4.69, 9.17) is 4.74 Å². The molecule has 9 heteroatoms. The van der Waals surface area contributed by atoms with Crippen LogP contribution in [-0.2, 0) is 18.6 Å². The van der Waals surface area contributed by atoms with E-state index in [0.29, 0.717) is 12.0 Å². The predicted octanol–water partition coefficient (Wildman–Crippen LogP) is 1.27. The van der Waals surface area contributed by atoms with Crippen LogP contribution in [0.5, 0.6) is 5.75 Å². The Morgan fingerprint density at radius 1 is 1.00 bits per heavy atom. The number of hydrogen-bond acceptors (Lipinski definition) is 4. The van der Waals surface area contributed by atoms with Crippen LogP contribution in [0.2, 0.25) is 0 Å². The maximum atomic E-state index is 15.3. The summed E-state index contributed by atoms with van der Waals surface area (Å²) < 4.78 is 23.2. The van der Waals surface area contributed by atoms with Crippen LogP contribution in [0.4, 0.5) is 4.39 Å². The van der Waals surface area contributed by atoms with Crippen molar-refractivity contribution in [2.24, 2.45) is 0 Å². The van der Waals surface area contributed by atoms with Crippen molar-refractivity contribution in [3.8, 4) is 5.75 Å². The fourth-order valence-corrected chi connectivity index (χ4v) is 6.66. The van der Waals surface area contributed by atoms with Gasteiger partial charge in [-0.3, -0.25) is 19.3 Å². The number of amides is 1. The number of carbonyl (C=O) groups is 1. The maximum Gasteiger partial charge on any atom is 0.277 e. The lowest BCUT2D eigenvalue weighted by Gasteiger charge is -2.49. The van der Waals surface area contributed by atoms with E-state index in [1.165, 1.54) is 11.5 Å². The lowest BCUT2D eigenvalue weighted by Crippen LogP contribution is -2.61. The van der Waals surface area contributed by atoms with Gasteiger partial charge in [-0.05, 0) is 58.4 Å². The number of benzene rings is 3. The van der Waals surface area contributed by atoms with Crippen LogP contribution in [0.15, 0.2) is 77.2 Å². The molecule has 202 valence electrons. The zero-order valence-electron chi connectivity index (χ0n) is 23.5. The van der Waals surface area contributed by atoms with Crippen LogP contribution < -0.4 is 26.1 Å². The van der Waals surface area contributed by atoms with Crippen LogP contribution >= 0.6 is 0 Å². The number of halogens is 1. The van der Waals surface area contributed by atoms with Crippen LogP contribution in [0.3, 0.4) is 0 Å². The molecule has 7 rings (SSSR count). The molecule has 41 heavy (non-hydrogen) atoms. The van der Waals surface area contributed by atoms with Gasteiger partial charge in [-0.15, -0.1) is 0 Å². The molecule has 0 radical (unpaired) electrons. The third kappa shape index (κ3) is 3.57. The van der Waals surface area contributed by atoms with Crippen LogP contribution in [0.1, 0.15) is 43.9 Å². The molecule has 1 amide bonds. The fourth-order valence-electron chi connectivity index (χ4n) is 6.66. The average molecular weight is 543 g/mol. The number of fused-ring (bicyclic) bond motifs is 6. The molecule has 0 spiro atoms. The first-order valence-corrected chi connectivity index (χ1v) is 13.8. The molecule has 0 bridgehead atoms. The molecule has 3 aromatic carbocycles. The number of aromatic nitrogens is 1. The van der Waals surface area contributed by atoms with Crippen LogP contribution in [0, 0.1) is 12.7 Å². The van der Waals surface area contributed by atoms with Gasteiger partial charge in [-0.25, -0.2) is 4.39 Å². The van der Waals surface area contributed by atoms with Crippen LogP contribution in [0.25, 0.3) is 6.08 Å². The molecule has 1 aliphatic heterocycles. The minimum Gasteiger partial charge on any atom is -0.482 e. The highest BCUT2D eigenvalue weighted by Crippen LogP contribution is 2.55. The van der Waals surface area contributed by atoms with Crippen LogP contribution in [-0.4, -0.2) is 44.9 Å². The molecule has 6 nitrogen and oxygen atoms in total. The van der Waals surface area contributed by atoms with Gasteiger partial charge in [0.05, 0.1) is 0 Å². The van der Waals surface area contributed by atoms with E-state index in [1.807, 2.05) is 36.4 Å². The number of hydrogen-bond donors (Lipinski definition) is 0. The zero-order chi connectivity index (χ0) is 28.6. The van der Waals surface area contributed by atoms with Crippen molar-refractivity contribution in [3.63, 3.8) is 0 Å². The van der Waals surface area contributed by atoms with Gasteiger partial charge in [0.1, 0.15) is 40.3 Å². The lowest BCUT2D eigenvalue weighted by molar-refractivity contribution is 0.0712. The number of rotatable bonds is 4. The topological polar surface area (TPSA) is 54.8 Å². The van der Waals surface area contributed by atoms with Crippen molar-refractivity contribution in [3.05, 3.63) is 128 Å². The van der Waals surface area contributed by atoms with Gasteiger partial charge in [0, 0.05) is 19.3 Å². The van der Waals surface area contributed by atoms with Gasteiger partial charge < -0.3 is 9.64 Å². The number of aryl methyl sites for hydroxylation is 1. The molecule has 0 saturated heterocycles. The Morgan fingerprint density at radius 2 is 1.76 bits per heavy atom. The van der Waals surface area contributed by atoms with Gasteiger partial charge in [-0.1, -0.05) is 65.5 Å². The van der Waals surface area contributed by atoms with Crippen molar-refractivity contribution < 1.29 is 13.9 Å². The Labute approximate surface area is 239 Å². The first-order valence-electron chi connectivity index (χ1n) is 13.8. The Hall–Kier alpha value is -4.52. The summed E-state index contributed by atoms with van der Waals surface area (Å²) in [5.41, 5.74) is 7.87. The molecule has 0 saturated carbocycles. The smallest absolute Gasteiger partial charge is 0.277 e. The lowest BCUT2D eigenvalue weighted by atomic mass is 9.75. The molecule has 1 atom stereocenters. The Balaban J connectivity index is 1.48. The molecular weight excluding hydrogens is 515 g/mol. The number of nitrogens with zero attached hydrogens (tertiary/aromatic N) is 3. The Kier molecular flexibility index (Phi) is 5.58. The summed E-state index contributed by atoms with van der Waals surface area (Å²) >= 11 is 0. The zero-order valence-corrected chi connectivity index (χ0v) is 23.5. The van der Waals surface area contributed by atoms with Crippen molar-refractivity contribution >= 4 is 38.6 Å². The quantitative estimate of drug-likeness (QED) is 0.364. The monoisotopic (exact) mass is 543 g/mol. The van der Waals surface area contributed by atoms with E-state index in [1.54, 1.807) is 35.8 Å². The predicted molar refractivity (Wildman–Crippen MR) is 163 cm³/mol. The highest BCUT2D eigenvalue weighted by Gasteiger charge is 2.55. The van der Waals surface area contributed by atoms with E-state index in [0.717, 1.165) is 38.9 Å². The maximum absolute atomic E-state index is 15.3. The number of pyridine rings is 1. The molecule has 1 aromatic heterocycles. The summed E-state index contributed by atoms with van der Waals surface area (Å²) in [5, 5.41) is 2.09. The molecule has 2 heterocycles. The number of carbonyl (C=O) groups excluding carboxylic acids is 1. The fraction of sp³-hybridized carbons (Fsp3) is 0.188. The second-order valence-electron chi connectivity index (χ2n) is 11.4.